The average molecular weight is 569 g/mol. The van der Waals surface area contributed by atoms with E-state index in [1.165, 1.54) is 18.5 Å². The molecule has 3 heterocycles. The fourth-order valence-electron chi connectivity index (χ4n) is 4.09. The maximum atomic E-state index is 13.9. The Morgan fingerprint density at radius 3 is 2.39 bits per heavy atom. The van der Waals surface area contributed by atoms with Gasteiger partial charge in [0.1, 0.15) is 29.4 Å². The number of ether oxygens (including phenoxy) is 1. The van der Waals surface area contributed by atoms with Crippen molar-refractivity contribution in [2.24, 2.45) is 0 Å². The van der Waals surface area contributed by atoms with Gasteiger partial charge in [0.15, 0.2) is 5.65 Å². The zero-order chi connectivity index (χ0) is 24.1. The second kappa shape index (κ2) is 8.69. The Kier molecular flexibility index (Phi) is 6.23. The van der Waals surface area contributed by atoms with E-state index in [2.05, 4.69) is 37.5 Å². The zero-order valence-corrected chi connectivity index (χ0v) is 21.3. The summed E-state index contributed by atoms with van der Waals surface area (Å²) >= 11 is 2.19. The third-order valence-corrected chi connectivity index (χ3v) is 6.35. The Bertz CT molecular complexity index is 1190. The maximum Gasteiger partial charge on any atom is 0.410 e. The van der Waals surface area contributed by atoms with Crippen molar-refractivity contribution in [3.63, 3.8) is 0 Å². The highest BCUT2D eigenvalue weighted by atomic mass is 127. The molecule has 10 heteroatoms. The summed E-state index contributed by atoms with van der Waals surface area (Å²) < 4.78 is 35.8. The first-order valence-electron chi connectivity index (χ1n) is 10.7. The molecule has 0 aliphatic carbocycles. The molecule has 33 heavy (non-hydrogen) atoms. The van der Waals surface area contributed by atoms with E-state index in [4.69, 9.17) is 4.74 Å². The lowest BCUT2D eigenvalue weighted by atomic mass is 10.1. The molecule has 1 amide bonds. The van der Waals surface area contributed by atoms with Crippen LogP contribution in [0.2, 0.25) is 0 Å². The first-order valence-corrected chi connectivity index (χ1v) is 11.8. The Labute approximate surface area is 204 Å². The van der Waals surface area contributed by atoms with Crippen LogP contribution in [-0.4, -0.2) is 56.3 Å². The second-order valence-corrected chi connectivity index (χ2v) is 10.5. The minimum atomic E-state index is -0.656. The van der Waals surface area contributed by atoms with Crippen LogP contribution in [0.15, 0.2) is 30.7 Å². The molecule has 0 saturated carbocycles. The van der Waals surface area contributed by atoms with E-state index in [0.717, 1.165) is 20.8 Å². The minimum Gasteiger partial charge on any atom is -0.444 e. The summed E-state index contributed by atoms with van der Waals surface area (Å²) in [5, 5.41) is 0.799. The lowest BCUT2D eigenvalue weighted by Crippen LogP contribution is -2.59. The van der Waals surface area contributed by atoms with E-state index in [0.29, 0.717) is 24.4 Å². The van der Waals surface area contributed by atoms with Crippen molar-refractivity contribution in [2.45, 2.75) is 52.3 Å². The van der Waals surface area contributed by atoms with Crippen LogP contribution in [0, 0.1) is 15.2 Å². The summed E-state index contributed by atoms with van der Waals surface area (Å²) in [7, 11) is 0. The van der Waals surface area contributed by atoms with E-state index in [1.54, 1.807) is 15.7 Å². The number of benzene rings is 1. The predicted octanol–water partition coefficient (Wildman–Crippen LogP) is 5.14. The molecule has 1 aliphatic rings. The number of nitrogens with zero attached hydrogens (tertiary/aromatic N) is 5. The second-order valence-electron chi connectivity index (χ2n) is 9.35. The van der Waals surface area contributed by atoms with Crippen LogP contribution in [0.25, 0.3) is 16.7 Å². The van der Waals surface area contributed by atoms with Gasteiger partial charge in [-0.3, -0.25) is 4.57 Å². The SMILES string of the molecule is CC1CN(c2ncnc3c2c(I)cn3-c2cc(F)cc(F)c2)C(C)CN1C(=O)OC(C)(C)C. The first kappa shape index (κ1) is 23.7. The Hall–Kier alpha value is -2.50. The summed E-state index contributed by atoms with van der Waals surface area (Å²) in [6, 6.07) is 3.25. The van der Waals surface area contributed by atoms with Gasteiger partial charge in [0.25, 0.3) is 0 Å². The van der Waals surface area contributed by atoms with Crippen LogP contribution in [0.4, 0.5) is 19.4 Å². The number of anilines is 1. The average Bonchev–Trinajstić information content (AvgIpc) is 3.04. The first-order chi connectivity index (χ1) is 15.4. The van der Waals surface area contributed by atoms with E-state index >= 15 is 0 Å². The summed E-state index contributed by atoms with van der Waals surface area (Å²) in [4.78, 5) is 25.6. The number of hydrogen-bond donors (Lipinski definition) is 0. The normalized spacial score (nSPS) is 19.3. The third kappa shape index (κ3) is 4.75. The van der Waals surface area contributed by atoms with Gasteiger partial charge in [-0.1, -0.05) is 0 Å². The van der Waals surface area contributed by atoms with Crippen LogP contribution in [0.5, 0.6) is 0 Å². The van der Waals surface area contributed by atoms with Crippen molar-refractivity contribution in [2.75, 3.05) is 18.0 Å². The van der Waals surface area contributed by atoms with Gasteiger partial charge in [-0.05, 0) is 69.3 Å². The molecule has 3 aromatic rings. The Morgan fingerprint density at radius 1 is 1.09 bits per heavy atom. The van der Waals surface area contributed by atoms with Crippen LogP contribution < -0.4 is 4.90 Å². The minimum absolute atomic E-state index is 0.0300. The van der Waals surface area contributed by atoms with Crippen LogP contribution in [-0.2, 0) is 4.74 Å². The van der Waals surface area contributed by atoms with Crippen LogP contribution >= 0.6 is 22.6 Å². The number of amides is 1. The van der Waals surface area contributed by atoms with Crippen molar-refractivity contribution < 1.29 is 18.3 Å². The zero-order valence-electron chi connectivity index (χ0n) is 19.1. The highest BCUT2D eigenvalue weighted by Gasteiger charge is 2.36. The highest BCUT2D eigenvalue weighted by molar-refractivity contribution is 14.1. The molecule has 0 N–H and O–H groups in total. The fraction of sp³-hybridized carbons (Fsp3) is 0.435. The number of carbonyl (C=O) groups excluding carboxylic acids is 1. The monoisotopic (exact) mass is 569 g/mol. The molecular formula is C23H26F2IN5O2. The summed E-state index contributed by atoms with van der Waals surface area (Å²) in [5.41, 5.74) is 0.343. The number of carbonyl (C=O) groups is 1. The smallest absolute Gasteiger partial charge is 0.410 e. The summed E-state index contributed by atoms with van der Waals surface area (Å²) in [6.07, 6.45) is 2.92. The van der Waals surface area contributed by atoms with Crippen molar-refractivity contribution >= 4 is 45.5 Å². The van der Waals surface area contributed by atoms with E-state index in [1.807, 2.05) is 34.6 Å². The van der Waals surface area contributed by atoms with Crippen molar-refractivity contribution in [1.29, 1.82) is 0 Å². The van der Waals surface area contributed by atoms with Crippen LogP contribution in [0.3, 0.4) is 0 Å². The number of piperazine rings is 1. The molecule has 2 atom stereocenters. The number of halogens is 3. The molecule has 7 nitrogen and oxygen atoms in total. The van der Waals surface area contributed by atoms with Crippen molar-refractivity contribution in [3.05, 3.63) is 45.9 Å². The van der Waals surface area contributed by atoms with Crippen molar-refractivity contribution in [3.8, 4) is 5.69 Å². The molecule has 2 unspecified atom stereocenters. The highest BCUT2D eigenvalue weighted by Crippen LogP contribution is 2.34. The van der Waals surface area contributed by atoms with Gasteiger partial charge in [0, 0.05) is 41.0 Å². The molecule has 0 radical (unpaired) electrons. The summed E-state index contributed by atoms with van der Waals surface area (Å²) in [5.74, 6) is -0.586. The van der Waals surface area contributed by atoms with Gasteiger partial charge in [-0.2, -0.15) is 0 Å². The number of fused-ring (bicyclic) bond motifs is 1. The van der Waals surface area contributed by atoms with Crippen LogP contribution in [0.1, 0.15) is 34.6 Å². The fourth-order valence-corrected chi connectivity index (χ4v) is 4.85. The predicted molar refractivity (Wildman–Crippen MR) is 131 cm³/mol. The van der Waals surface area contributed by atoms with Gasteiger partial charge in [0.05, 0.1) is 11.1 Å². The Balaban J connectivity index is 1.70. The third-order valence-electron chi connectivity index (χ3n) is 5.53. The lowest BCUT2D eigenvalue weighted by molar-refractivity contribution is 0.0130. The van der Waals surface area contributed by atoms with E-state index in [9.17, 15) is 13.6 Å². The standard InChI is InChI=1S/C23H26F2IN5O2/c1-13-10-30(22(32)33-23(3,4)5)14(2)9-29(13)20-19-18(26)11-31(21(19)28-12-27-20)17-7-15(24)6-16(25)8-17/h6-8,11-14H,9-10H2,1-5H3. The van der Waals surface area contributed by atoms with E-state index < -0.39 is 17.2 Å². The summed E-state index contributed by atoms with van der Waals surface area (Å²) in [6.45, 7) is 10.6. The molecule has 2 aromatic heterocycles. The quantitative estimate of drug-likeness (QED) is 0.401. The molecule has 1 aliphatic heterocycles. The molecule has 1 fully saturated rings. The molecule has 4 rings (SSSR count). The molecule has 1 aromatic carbocycles. The number of aromatic nitrogens is 3. The maximum absolute atomic E-state index is 13.9. The van der Waals surface area contributed by atoms with Gasteiger partial charge < -0.3 is 14.5 Å². The number of rotatable bonds is 2. The topological polar surface area (TPSA) is 63.5 Å². The largest absolute Gasteiger partial charge is 0.444 e. The molecule has 1 saturated heterocycles. The molecule has 0 spiro atoms. The van der Waals surface area contributed by atoms with Gasteiger partial charge >= 0.3 is 6.09 Å². The van der Waals surface area contributed by atoms with Gasteiger partial charge in [0.2, 0.25) is 0 Å². The molecular weight excluding hydrogens is 543 g/mol. The number of hydrogen-bond acceptors (Lipinski definition) is 5. The van der Waals surface area contributed by atoms with E-state index in [-0.39, 0.29) is 18.2 Å². The Morgan fingerprint density at radius 2 is 1.76 bits per heavy atom. The lowest BCUT2D eigenvalue weighted by Gasteiger charge is -2.44. The van der Waals surface area contributed by atoms with Gasteiger partial charge in [-0.25, -0.2) is 23.5 Å². The molecule has 0 bridgehead atoms. The van der Waals surface area contributed by atoms with Crippen molar-refractivity contribution in [1.82, 2.24) is 19.4 Å². The van der Waals surface area contributed by atoms with Gasteiger partial charge in [-0.15, -0.1) is 0 Å². The molecule has 176 valence electrons.